The van der Waals surface area contributed by atoms with E-state index >= 15 is 0 Å². The molecule has 0 saturated carbocycles. The van der Waals surface area contributed by atoms with Crippen LogP contribution in [0.15, 0.2) is 48.6 Å². The second-order valence-electron chi connectivity index (χ2n) is 19.5. The Balaban J connectivity index is 3.86. The molecule has 0 fully saturated rings. The SMILES string of the molecule is CC/C=C\C/C=C\C/C=C\C/C=C\CCCCCCCCCCCCCCCCCCCCCCC(=O)OCC(COC(=O)CCCCCCCC)OC(=O)CCCCCCCCCCCC. The highest BCUT2D eigenvalue weighted by atomic mass is 16.6. The third-order valence-electron chi connectivity index (χ3n) is 12.8. The maximum atomic E-state index is 12.7. The van der Waals surface area contributed by atoms with Crippen molar-refractivity contribution in [2.75, 3.05) is 13.2 Å². The Morgan fingerprint density at radius 3 is 0.910 bits per heavy atom. The Hall–Kier alpha value is -2.63. The fraction of sp³-hybridized carbons (Fsp3) is 0.820. The number of carbonyl (C=O) groups is 3. The Morgan fingerprint density at radius 2 is 0.582 bits per heavy atom. The van der Waals surface area contributed by atoms with Crippen molar-refractivity contribution in [1.82, 2.24) is 0 Å². The summed E-state index contributed by atoms with van der Waals surface area (Å²) in [7, 11) is 0. The van der Waals surface area contributed by atoms with E-state index in [-0.39, 0.29) is 31.1 Å². The number of hydrogen-bond donors (Lipinski definition) is 0. The molecule has 0 spiro atoms. The van der Waals surface area contributed by atoms with Gasteiger partial charge < -0.3 is 14.2 Å². The summed E-state index contributed by atoms with van der Waals surface area (Å²) < 4.78 is 16.7. The molecule has 0 aromatic carbocycles. The standard InChI is InChI=1S/C61H110O6/c1-4-7-10-13-16-18-20-21-22-23-24-25-26-27-28-29-30-31-32-33-34-35-36-37-38-39-40-41-42-44-45-48-51-54-60(63)66-57-58(56-65-59(62)53-50-47-15-12-9-6-3)67-61(64)55-52-49-46-43-19-17-14-11-8-5-2/h7,10,16,18,21-22,24-25,58H,4-6,8-9,11-15,17,19-20,23,26-57H2,1-3H3/b10-7-,18-16-,22-21-,25-24-. The molecule has 0 heterocycles. The summed E-state index contributed by atoms with van der Waals surface area (Å²) in [6.45, 7) is 6.48. The zero-order valence-electron chi connectivity index (χ0n) is 44.7. The molecule has 0 rings (SSSR count). The molecule has 0 amide bonds. The van der Waals surface area contributed by atoms with Crippen molar-refractivity contribution in [3.63, 3.8) is 0 Å². The van der Waals surface area contributed by atoms with Gasteiger partial charge in [0, 0.05) is 19.3 Å². The third kappa shape index (κ3) is 54.2. The van der Waals surface area contributed by atoms with Gasteiger partial charge in [-0.3, -0.25) is 14.4 Å². The summed E-state index contributed by atoms with van der Waals surface area (Å²) in [5, 5.41) is 0. The van der Waals surface area contributed by atoms with Crippen LogP contribution in [-0.4, -0.2) is 37.2 Å². The highest BCUT2D eigenvalue weighted by Gasteiger charge is 2.19. The van der Waals surface area contributed by atoms with Gasteiger partial charge in [0.1, 0.15) is 13.2 Å². The lowest BCUT2D eigenvalue weighted by Gasteiger charge is -2.18. The quantitative estimate of drug-likeness (QED) is 0.0262. The summed E-state index contributed by atoms with van der Waals surface area (Å²) in [5.74, 6) is -0.866. The van der Waals surface area contributed by atoms with Crippen LogP contribution < -0.4 is 0 Å². The van der Waals surface area contributed by atoms with Crippen LogP contribution in [0.5, 0.6) is 0 Å². The molecular weight excluding hydrogens is 829 g/mol. The maximum absolute atomic E-state index is 12.7. The first-order valence-electron chi connectivity index (χ1n) is 29.1. The van der Waals surface area contributed by atoms with Gasteiger partial charge in [0.25, 0.3) is 0 Å². The van der Waals surface area contributed by atoms with E-state index in [1.165, 1.54) is 180 Å². The molecule has 0 bridgehead atoms. The number of carbonyl (C=O) groups excluding carboxylic acids is 3. The molecule has 6 heteroatoms. The molecule has 1 unspecified atom stereocenters. The average Bonchev–Trinajstić information content (AvgIpc) is 3.33. The van der Waals surface area contributed by atoms with Crippen molar-refractivity contribution in [3.8, 4) is 0 Å². The van der Waals surface area contributed by atoms with E-state index < -0.39 is 6.10 Å². The monoisotopic (exact) mass is 939 g/mol. The summed E-state index contributed by atoms with van der Waals surface area (Å²) >= 11 is 0. The second kappa shape index (κ2) is 56.0. The summed E-state index contributed by atoms with van der Waals surface area (Å²) in [5.41, 5.74) is 0. The molecule has 0 saturated heterocycles. The van der Waals surface area contributed by atoms with Crippen LogP contribution >= 0.6 is 0 Å². The van der Waals surface area contributed by atoms with E-state index in [0.717, 1.165) is 83.5 Å². The molecule has 0 aliphatic carbocycles. The number of esters is 3. The van der Waals surface area contributed by atoms with Crippen molar-refractivity contribution < 1.29 is 28.6 Å². The first-order valence-corrected chi connectivity index (χ1v) is 29.1. The maximum Gasteiger partial charge on any atom is 0.306 e. The van der Waals surface area contributed by atoms with Crippen molar-refractivity contribution in [3.05, 3.63) is 48.6 Å². The predicted octanol–water partition coefficient (Wildman–Crippen LogP) is 19.4. The van der Waals surface area contributed by atoms with Crippen molar-refractivity contribution in [2.24, 2.45) is 0 Å². The van der Waals surface area contributed by atoms with Gasteiger partial charge in [0.15, 0.2) is 6.10 Å². The predicted molar refractivity (Wildman–Crippen MR) is 289 cm³/mol. The minimum absolute atomic E-state index is 0.0673. The molecule has 1 atom stereocenters. The normalized spacial score (nSPS) is 12.3. The highest BCUT2D eigenvalue weighted by Crippen LogP contribution is 2.17. The van der Waals surface area contributed by atoms with Crippen LogP contribution in [0.4, 0.5) is 0 Å². The average molecular weight is 940 g/mol. The third-order valence-corrected chi connectivity index (χ3v) is 12.8. The van der Waals surface area contributed by atoms with E-state index in [4.69, 9.17) is 14.2 Å². The van der Waals surface area contributed by atoms with Gasteiger partial charge in [0.05, 0.1) is 0 Å². The van der Waals surface area contributed by atoms with E-state index in [9.17, 15) is 14.4 Å². The van der Waals surface area contributed by atoms with Gasteiger partial charge in [-0.05, 0) is 57.8 Å². The zero-order valence-corrected chi connectivity index (χ0v) is 44.7. The van der Waals surface area contributed by atoms with E-state index in [1.54, 1.807) is 0 Å². The van der Waals surface area contributed by atoms with Crippen LogP contribution in [-0.2, 0) is 28.6 Å². The van der Waals surface area contributed by atoms with Gasteiger partial charge in [-0.25, -0.2) is 0 Å². The van der Waals surface area contributed by atoms with Gasteiger partial charge in [-0.15, -0.1) is 0 Å². The minimum Gasteiger partial charge on any atom is -0.462 e. The van der Waals surface area contributed by atoms with Crippen molar-refractivity contribution in [1.29, 1.82) is 0 Å². The molecule has 0 aromatic heterocycles. The van der Waals surface area contributed by atoms with Crippen LogP contribution in [0.1, 0.15) is 303 Å². The van der Waals surface area contributed by atoms with Gasteiger partial charge in [0.2, 0.25) is 0 Å². The van der Waals surface area contributed by atoms with E-state index in [0.29, 0.717) is 19.3 Å². The lowest BCUT2D eigenvalue weighted by atomic mass is 10.0. The van der Waals surface area contributed by atoms with E-state index in [2.05, 4.69) is 69.4 Å². The van der Waals surface area contributed by atoms with Crippen molar-refractivity contribution >= 4 is 17.9 Å². The largest absolute Gasteiger partial charge is 0.462 e. The number of hydrogen-bond acceptors (Lipinski definition) is 6. The van der Waals surface area contributed by atoms with Gasteiger partial charge in [-0.1, -0.05) is 275 Å². The summed E-state index contributed by atoms with van der Waals surface area (Å²) in [6, 6.07) is 0. The molecule has 390 valence electrons. The summed E-state index contributed by atoms with van der Waals surface area (Å²) in [6.07, 6.45) is 68.8. The number of rotatable bonds is 53. The second-order valence-corrected chi connectivity index (χ2v) is 19.5. The fourth-order valence-electron chi connectivity index (χ4n) is 8.49. The van der Waals surface area contributed by atoms with Crippen LogP contribution in [0, 0.1) is 0 Å². The van der Waals surface area contributed by atoms with Gasteiger partial charge in [-0.2, -0.15) is 0 Å². The van der Waals surface area contributed by atoms with Crippen LogP contribution in [0.25, 0.3) is 0 Å². The Bertz CT molecular complexity index is 1170. The lowest BCUT2D eigenvalue weighted by molar-refractivity contribution is -0.167. The van der Waals surface area contributed by atoms with Crippen LogP contribution in [0.2, 0.25) is 0 Å². The number of allylic oxidation sites excluding steroid dienone is 8. The Morgan fingerprint density at radius 1 is 0.313 bits per heavy atom. The summed E-state index contributed by atoms with van der Waals surface area (Å²) in [4.78, 5) is 37.7. The minimum atomic E-state index is -0.762. The molecule has 6 nitrogen and oxygen atoms in total. The highest BCUT2D eigenvalue weighted by molar-refractivity contribution is 5.71. The molecule has 0 radical (unpaired) electrons. The smallest absolute Gasteiger partial charge is 0.306 e. The first kappa shape index (κ1) is 64.4. The Kier molecular flexibility index (Phi) is 53.8. The topological polar surface area (TPSA) is 78.9 Å². The molecule has 67 heavy (non-hydrogen) atoms. The first-order chi connectivity index (χ1) is 33.0. The fourth-order valence-corrected chi connectivity index (χ4v) is 8.49. The lowest BCUT2D eigenvalue weighted by Crippen LogP contribution is -2.30. The Labute approximate surface area is 416 Å². The molecule has 0 aliphatic heterocycles. The molecule has 0 aliphatic rings. The number of unbranched alkanes of at least 4 members (excludes halogenated alkanes) is 34. The van der Waals surface area contributed by atoms with E-state index in [1.807, 2.05) is 0 Å². The molecule has 0 aromatic rings. The molecular formula is C61H110O6. The zero-order chi connectivity index (χ0) is 48.6. The number of ether oxygens (including phenoxy) is 3. The van der Waals surface area contributed by atoms with Crippen molar-refractivity contribution in [2.45, 2.75) is 309 Å². The van der Waals surface area contributed by atoms with Gasteiger partial charge >= 0.3 is 17.9 Å². The van der Waals surface area contributed by atoms with Crippen LogP contribution in [0.3, 0.4) is 0 Å². The molecule has 0 N–H and O–H groups in total.